The van der Waals surface area contributed by atoms with Crippen LogP contribution in [-0.2, 0) is 10.3 Å². The van der Waals surface area contributed by atoms with E-state index in [-0.39, 0.29) is 4.99 Å². The third-order valence-corrected chi connectivity index (χ3v) is 0.972. The molecule has 1 rings (SSSR count). The maximum atomic E-state index is 9.89. The van der Waals surface area contributed by atoms with Gasteiger partial charge in [-0.15, -0.1) is 0 Å². The van der Waals surface area contributed by atoms with Crippen molar-refractivity contribution in [3.63, 3.8) is 0 Å². The highest BCUT2D eigenvalue weighted by Gasteiger charge is 1.81. The van der Waals surface area contributed by atoms with Gasteiger partial charge in [-0.05, 0) is 0 Å². The Kier molecular flexibility index (Phi) is 1.17. The number of hydrogen-bond acceptors (Lipinski definition) is 4. The highest BCUT2D eigenvalue weighted by Crippen LogP contribution is 1.86. The number of nitrogens with zero attached hydrogens (tertiary/aromatic N) is 3. The van der Waals surface area contributed by atoms with Crippen molar-refractivity contribution in [3.8, 4) is 0 Å². The molecule has 0 N–H and O–H groups in total. The summed E-state index contributed by atoms with van der Waals surface area (Å²) in [6, 6.07) is 0. The van der Waals surface area contributed by atoms with Gasteiger partial charge >= 0.3 is 0 Å². The minimum atomic E-state index is -2.34. The zero-order valence-electron chi connectivity index (χ0n) is 3.57. The molecule has 5 nitrogen and oxygen atoms in total. The largest absolute Gasteiger partial charge is 0.348 e. The lowest BCUT2D eigenvalue weighted by Gasteiger charge is -1.79. The van der Waals surface area contributed by atoms with Gasteiger partial charge in [0.25, 0.3) is 0 Å². The van der Waals surface area contributed by atoms with E-state index in [4.69, 9.17) is 0 Å². The molecular formula is C2N3O2S-. The molecule has 42 valence electrons. The Bertz CT molecular complexity index is 250. The van der Waals surface area contributed by atoms with Gasteiger partial charge in [-0.2, -0.15) is 13.5 Å². The SMILES string of the molecule is O=S(=O)=C1[C-]=NN=N1. The summed E-state index contributed by atoms with van der Waals surface area (Å²) in [4.78, 5) is -0.245. The molecule has 0 saturated heterocycles. The van der Waals surface area contributed by atoms with E-state index in [1.165, 1.54) is 0 Å². The summed E-state index contributed by atoms with van der Waals surface area (Å²) in [5.74, 6) is 0. The molecule has 0 aromatic heterocycles. The van der Waals surface area contributed by atoms with Gasteiger partial charge in [-0.25, -0.2) is 0 Å². The summed E-state index contributed by atoms with van der Waals surface area (Å²) in [5.41, 5.74) is 0. The van der Waals surface area contributed by atoms with Crippen LogP contribution in [0.3, 0.4) is 0 Å². The molecule has 1 aliphatic rings. The first-order valence-electron chi connectivity index (χ1n) is 1.63. The molecular weight excluding hydrogens is 130 g/mol. The average Bonchev–Trinajstić information content (AvgIpc) is 2.12. The third kappa shape index (κ3) is 0.784. The van der Waals surface area contributed by atoms with Crippen molar-refractivity contribution in [1.82, 2.24) is 0 Å². The summed E-state index contributed by atoms with van der Waals surface area (Å²) in [6.45, 7) is 0. The van der Waals surface area contributed by atoms with Gasteiger partial charge in [0.1, 0.15) is 0 Å². The van der Waals surface area contributed by atoms with Crippen molar-refractivity contribution < 1.29 is 8.42 Å². The molecule has 0 aliphatic carbocycles. The summed E-state index contributed by atoms with van der Waals surface area (Å²) in [7, 11) is -2.34. The molecule has 8 heavy (non-hydrogen) atoms. The fourth-order valence-electron chi connectivity index (χ4n) is 0.221. The molecule has 0 bridgehead atoms. The van der Waals surface area contributed by atoms with Crippen LogP contribution in [0.25, 0.3) is 0 Å². The highest BCUT2D eigenvalue weighted by molar-refractivity contribution is 7.74. The maximum Gasteiger partial charge on any atom is 0.207 e. The van der Waals surface area contributed by atoms with E-state index in [2.05, 4.69) is 21.7 Å². The van der Waals surface area contributed by atoms with Crippen LogP contribution in [0.2, 0.25) is 0 Å². The van der Waals surface area contributed by atoms with Crippen LogP contribution in [0.1, 0.15) is 0 Å². The van der Waals surface area contributed by atoms with Crippen molar-refractivity contribution in [2.45, 2.75) is 0 Å². The Morgan fingerprint density at radius 2 is 2.25 bits per heavy atom. The average molecular weight is 130 g/mol. The van der Waals surface area contributed by atoms with E-state index in [1.807, 2.05) is 0 Å². The van der Waals surface area contributed by atoms with Gasteiger partial charge in [-0.1, -0.05) is 5.22 Å². The molecule has 0 radical (unpaired) electrons. The smallest absolute Gasteiger partial charge is 0.207 e. The molecule has 0 amide bonds. The van der Waals surface area contributed by atoms with E-state index >= 15 is 0 Å². The fraction of sp³-hybridized carbons (Fsp3) is 0. The Morgan fingerprint density at radius 1 is 1.50 bits per heavy atom. The standard InChI is InChI=1S/C2N3O2S/c6-8(7)2-1-3-5-4-2/q-1. The van der Waals surface area contributed by atoms with Crippen LogP contribution in [0.4, 0.5) is 0 Å². The zero-order chi connectivity index (χ0) is 5.98. The second kappa shape index (κ2) is 1.83. The predicted molar refractivity (Wildman–Crippen MR) is 26.2 cm³/mol. The summed E-state index contributed by atoms with van der Waals surface area (Å²) in [5, 5.41) is 9.15. The fourth-order valence-corrected chi connectivity index (χ4v) is 0.440. The van der Waals surface area contributed by atoms with E-state index in [9.17, 15) is 8.42 Å². The summed E-state index contributed by atoms with van der Waals surface area (Å²) in [6.07, 6.45) is 2.05. The zero-order valence-corrected chi connectivity index (χ0v) is 4.38. The van der Waals surface area contributed by atoms with Crippen LogP contribution in [0, 0.1) is 0 Å². The second-order valence-electron chi connectivity index (χ2n) is 0.941. The second-order valence-corrected chi connectivity index (χ2v) is 1.80. The van der Waals surface area contributed by atoms with Crippen LogP contribution in [-0.4, -0.2) is 19.6 Å². The molecule has 0 saturated carbocycles. The highest BCUT2D eigenvalue weighted by atomic mass is 32.2. The Labute approximate surface area is 46.3 Å². The van der Waals surface area contributed by atoms with Gasteiger partial charge in [0, 0.05) is 4.99 Å². The first kappa shape index (κ1) is 5.10. The quantitative estimate of drug-likeness (QED) is 0.322. The van der Waals surface area contributed by atoms with E-state index in [1.54, 1.807) is 0 Å². The Hall–Kier alpha value is -1.04. The number of hydrogen-bond donors (Lipinski definition) is 0. The normalized spacial score (nSPS) is 15.2. The van der Waals surface area contributed by atoms with Gasteiger partial charge < -0.3 is 5.10 Å². The predicted octanol–water partition coefficient (Wildman–Crippen LogP) is -0.676. The van der Waals surface area contributed by atoms with Crippen LogP contribution in [0.15, 0.2) is 15.4 Å². The minimum Gasteiger partial charge on any atom is -0.348 e. The lowest BCUT2D eigenvalue weighted by Crippen LogP contribution is -1.89. The van der Waals surface area contributed by atoms with Gasteiger partial charge in [0.15, 0.2) is 0 Å². The molecule has 0 atom stereocenters. The Balaban J connectivity index is 3.29. The van der Waals surface area contributed by atoms with E-state index in [0.29, 0.717) is 0 Å². The van der Waals surface area contributed by atoms with Crippen LogP contribution >= 0.6 is 0 Å². The van der Waals surface area contributed by atoms with Crippen molar-refractivity contribution in [2.24, 2.45) is 15.4 Å². The van der Waals surface area contributed by atoms with E-state index < -0.39 is 10.3 Å². The molecule has 0 fully saturated rings. The molecule has 6 heteroatoms. The lowest BCUT2D eigenvalue weighted by molar-refractivity contribution is 0.627. The van der Waals surface area contributed by atoms with Gasteiger partial charge in [0.2, 0.25) is 10.3 Å². The molecule has 0 aromatic rings. The van der Waals surface area contributed by atoms with Crippen LogP contribution in [0.5, 0.6) is 0 Å². The topological polar surface area (TPSA) is 71.2 Å². The molecule has 1 heterocycles. The summed E-state index contributed by atoms with van der Waals surface area (Å²) >= 11 is 0. The Morgan fingerprint density at radius 3 is 2.50 bits per heavy atom. The monoisotopic (exact) mass is 130 g/mol. The first-order chi connectivity index (χ1) is 3.80. The molecule has 1 aliphatic heterocycles. The summed E-state index contributed by atoms with van der Waals surface area (Å²) < 4.78 is 19.8. The third-order valence-electron chi connectivity index (χ3n) is 0.484. The molecule has 0 unspecified atom stereocenters. The van der Waals surface area contributed by atoms with Crippen molar-refractivity contribution in [3.05, 3.63) is 0 Å². The number of rotatable bonds is 0. The molecule has 0 aromatic carbocycles. The van der Waals surface area contributed by atoms with Crippen LogP contribution < -0.4 is 0 Å². The minimum absolute atomic E-state index is 0.245. The van der Waals surface area contributed by atoms with Gasteiger partial charge in [-0.3, -0.25) is 6.21 Å². The van der Waals surface area contributed by atoms with Crippen molar-refractivity contribution >= 4 is 21.5 Å². The first-order valence-corrected chi connectivity index (χ1v) is 2.71. The van der Waals surface area contributed by atoms with Crippen molar-refractivity contribution in [1.29, 1.82) is 0 Å². The van der Waals surface area contributed by atoms with Gasteiger partial charge in [0.05, 0.1) is 0 Å². The molecule has 0 spiro atoms. The van der Waals surface area contributed by atoms with E-state index in [0.717, 1.165) is 0 Å². The lowest BCUT2D eigenvalue weighted by atomic mass is 10.8. The van der Waals surface area contributed by atoms with Crippen molar-refractivity contribution in [2.75, 3.05) is 0 Å². The maximum absolute atomic E-state index is 9.89.